The molecular weight excluding hydrogens is 406 g/mol. The summed E-state index contributed by atoms with van der Waals surface area (Å²) >= 11 is 0. The molecular formula is C25H29N3O4. The Hall–Kier alpha value is -3.74. The number of nitrogens with zero attached hydrogens (tertiary/aromatic N) is 2. The van der Waals surface area contributed by atoms with Crippen LogP contribution >= 0.6 is 0 Å². The molecule has 0 spiro atoms. The third-order valence-electron chi connectivity index (χ3n) is 4.99. The molecule has 0 saturated heterocycles. The molecule has 1 heterocycles. The maximum Gasteiger partial charge on any atom is 0.226 e. The van der Waals surface area contributed by atoms with Crippen LogP contribution in [0.5, 0.6) is 23.1 Å². The lowest BCUT2D eigenvalue weighted by Crippen LogP contribution is -2.23. The van der Waals surface area contributed by atoms with Crippen LogP contribution in [-0.4, -0.2) is 36.5 Å². The molecule has 2 aromatic carbocycles. The molecule has 0 aliphatic carbocycles. The fourth-order valence-corrected chi connectivity index (χ4v) is 3.28. The molecule has 0 bridgehead atoms. The number of nitrogens with one attached hydrogen (secondary N) is 1. The number of carbonyl (C=O) groups excluding carboxylic acids is 1. The van der Waals surface area contributed by atoms with E-state index < -0.39 is 0 Å². The summed E-state index contributed by atoms with van der Waals surface area (Å²) in [7, 11) is 3.25. The second-order valence-electron chi connectivity index (χ2n) is 7.06. The van der Waals surface area contributed by atoms with Crippen molar-refractivity contribution in [2.24, 2.45) is 0 Å². The van der Waals surface area contributed by atoms with E-state index in [0.29, 0.717) is 37.4 Å². The average molecular weight is 436 g/mol. The fourth-order valence-electron chi connectivity index (χ4n) is 3.28. The molecule has 32 heavy (non-hydrogen) atoms. The van der Waals surface area contributed by atoms with Gasteiger partial charge in [0.2, 0.25) is 11.8 Å². The Bertz CT molecular complexity index is 1040. The van der Waals surface area contributed by atoms with Crippen LogP contribution in [0, 0.1) is 0 Å². The molecule has 1 N–H and O–H groups in total. The Kier molecular flexibility index (Phi) is 7.91. The minimum atomic E-state index is -0.0421. The number of carbonyl (C=O) groups is 1. The highest BCUT2D eigenvalue weighted by Gasteiger charge is 2.21. The van der Waals surface area contributed by atoms with Crippen molar-refractivity contribution in [1.29, 1.82) is 0 Å². The summed E-state index contributed by atoms with van der Waals surface area (Å²) in [5.41, 5.74) is 2.64. The molecule has 0 aliphatic rings. The first-order valence-electron chi connectivity index (χ1n) is 10.5. The molecule has 0 aliphatic heterocycles. The topological polar surface area (TPSA) is 74.6 Å². The van der Waals surface area contributed by atoms with E-state index in [1.165, 1.54) is 0 Å². The van der Waals surface area contributed by atoms with Gasteiger partial charge in [-0.2, -0.15) is 5.10 Å². The van der Waals surface area contributed by atoms with Crippen molar-refractivity contribution in [2.45, 2.75) is 26.2 Å². The molecule has 0 fully saturated rings. The number of aromatic nitrogens is 2. The van der Waals surface area contributed by atoms with E-state index in [0.717, 1.165) is 28.4 Å². The van der Waals surface area contributed by atoms with Crippen LogP contribution < -0.4 is 19.5 Å². The van der Waals surface area contributed by atoms with Gasteiger partial charge in [-0.15, -0.1) is 6.58 Å². The Morgan fingerprint density at radius 2 is 1.62 bits per heavy atom. The first-order chi connectivity index (χ1) is 15.6. The van der Waals surface area contributed by atoms with E-state index in [2.05, 4.69) is 11.9 Å². The monoisotopic (exact) mass is 435 g/mol. The number of hydrogen-bond donors (Lipinski definition) is 1. The van der Waals surface area contributed by atoms with Crippen LogP contribution in [0.4, 0.5) is 0 Å². The van der Waals surface area contributed by atoms with Gasteiger partial charge < -0.3 is 19.5 Å². The van der Waals surface area contributed by atoms with Gasteiger partial charge in [0.1, 0.15) is 17.2 Å². The molecule has 3 aromatic rings. The number of benzene rings is 2. The minimum absolute atomic E-state index is 0.0421. The van der Waals surface area contributed by atoms with Crippen LogP contribution in [0.1, 0.15) is 24.6 Å². The van der Waals surface area contributed by atoms with E-state index in [9.17, 15) is 4.79 Å². The Morgan fingerprint density at radius 3 is 2.19 bits per heavy atom. The predicted octanol–water partition coefficient (Wildman–Crippen LogP) is 4.48. The highest BCUT2D eigenvalue weighted by molar-refractivity contribution is 5.76. The van der Waals surface area contributed by atoms with Gasteiger partial charge in [0.15, 0.2) is 0 Å². The van der Waals surface area contributed by atoms with Crippen LogP contribution in [0.2, 0.25) is 0 Å². The Morgan fingerprint density at radius 1 is 1.03 bits per heavy atom. The summed E-state index contributed by atoms with van der Waals surface area (Å²) in [6.45, 7) is 6.12. The summed E-state index contributed by atoms with van der Waals surface area (Å²) in [6, 6.07) is 15.0. The van der Waals surface area contributed by atoms with Gasteiger partial charge in [0.25, 0.3) is 0 Å². The summed E-state index contributed by atoms with van der Waals surface area (Å²) in [5, 5.41) is 7.62. The van der Waals surface area contributed by atoms with Gasteiger partial charge in [0.05, 0.1) is 25.6 Å². The normalized spacial score (nSPS) is 10.5. The molecule has 7 heteroatoms. The standard InChI is InChI=1S/C25H29N3O4/c1-5-17-26-24(29)16-15-22-23(6-2)27-28(18-7-9-19(30-3)10-8-18)25(22)32-21-13-11-20(31-4)12-14-21/h5,7-14H,1,6,15-17H2,2-4H3,(H,26,29). The van der Waals surface area contributed by atoms with Gasteiger partial charge in [-0.3, -0.25) is 4.79 Å². The van der Waals surface area contributed by atoms with E-state index in [1.54, 1.807) is 25.0 Å². The summed E-state index contributed by atoms with van der Waals surface area (Å²) in [6.07, 6.45) is 3.21. The molecule has 0 atom stereocenters. The minimum Gasteiger partial charge on any atom is -0.497 e. The first kappa shape index (κ1) is 22.9. The lowest BCUT2D eigenvalue weighted by Gasteiger charge is -2.12. The van der Waals surface area contributed by atoms with Crippen LogP contribution in [0.25, 0.3) is 5.69 Å². The van der Waals surface area contributed by atoms with Crippen molar-refractivity contribution in [1.82, 2.24) is 15.1 Å². The summed E-state index contributed by atoms with van der Waals surface area (Å²) < 4.78 is 18.6. The molecule has 1 aromatic heterocycles. The van der Waals surface area contributed by atoms with E-state index in [1.807, 2.05) is 55.5 Å². The second-order valence-corrected chi connectivity index (χ2v) is 7.06. The quantitative estimate of drug-likeness (QED) is 0.450. The maximum atomic E-state index is 12.2. The van der Waals surface area contributed by atoms with Crippen molar-refractivity contribution in [3.05, 3.63) is 72.4 Å². The van der Waals surface area contributed by atoms with Gasteiger partial charge in [0, 0.05) is 18.5 Å². The molecule has 3 rings (SSSR count). The molecule has 0 saturated carbocycles. The van der Waals surface area contributed by atoms with Crippen LogP contribution in [0.15, 0.2) is 61.2 Å². The zero-order chi connectivity index (χ0) is 22.9. The zero-order valence-corrected chi connectivity index (χ0v) is 18.8. The van der Waals surface area contributed by atoms with Crippen molar-refractivity contribution in [2.75, 3.05) is 20.8 Å². The maximum absolute atomic E-state index is 12.2. The number of ether oxygens (including phenoxy) is 3. The molecule has 7 nitrogen and oxygen atoms in total. The van der Waals surface area contributed by atoms with Crippen LogP contribution in [0.3, 0.4) is 0 Å². The zero-order valence-electron chi connectivity index (χ0n) is 18.8. The van der Waals surface area contributed by atoms with Gasteiger partial charge in [-0.1, -0.05) is 13.0 Å². The third kappa shape index (κ3) is 5.49. The van der Waals surface area contributed by atoms with Crippen molar-refractivity contribution < 1.29 is 19.0 Å². The largest absolute Gasteiger partial charge is 0.497 e. The van der Waals surface area contributed by atoms with Crippen molar-refractivity contribution in [3.63, 3.8) is 0 Å². The average Bonchev–Trinajstić information content (AvgIpc) is 3.18. The Balaban J connectivity index is 1.99. The fraction of sp³-hybridized carbons (Fsp3) is 0.280. The number of amides is 1. The van der Waals surface area contributed by atoms with Gasteiger partial charge in [-0.05, 0) is 61.4 Å². The lowest BCUT2D eigenvalue weighted by atomic mass is 10.1. The smallest absolute Gasteiger partial charge is 0.226 e. The highest BCUT2D eigenvalue weighted by atomic mass is 16.5. The first-order valence-corrected chi connectivity index (χ1v) is 10.5. The molecule has 1 amide bonds. The Labute approximate surface area is 188 Å². The van der Waals surface area contributed by atoms with E-state index >= 15 is 0 Å². The molecule has 0 radical (unpaired) electrons. The summed E-state index contributed by atoms with van der Waals surface area (Å²) in [4.78, 5) is 12.2. The molecule has 168 valence electrons. The van der Waals surface area contributed by atoms with Crippen molar-refractivity contribution in [3.8, 4) is 28.8 Å². The lowest BCUT2D eigenvalue weighted by molar-refractivity contribution is -0.120. The number of hydrogen-bond acceptors (Lipinski definition) is 5. The number of methoxy groups -OCH3 is 2. The SMILES string of the molecule is C=CCNC(=O)CCc1c(CC)nn(-c2ccc(OC)cc2)c1Oc1ccc(OC)cc1. The number of aryl methyl sites for hydroxylation is 1. The van der Waals surface area contributed by atoms with Crippen molar-refractivity contribution >= 4 is 5.91 Å². The van der Waals surface area contributed by atoms with Crippen LogP contribution in [-0.2, 0) is 17.6 Å². The van der Waals surface area contributed by atoms with E-state index in [4.69, 9.17) is 19.3 Å². The summed E-state index contributed by atoms with van der Waals surface area (Å²) in [5.74, 6) is 2.71. The third-order valence-corrected chi connectivity index (χ3v) is 4.99. The second kappa shape index (κ2) is 11.0. The molecule has 0 unspecified atom stereocenters. The van der Waals surface area contributed by atoms with E-state index in [-0.39, 0.29) is 5.91 Å². The van der Waals surface area contributed by atoms with Gasteiger partial charge in [-0.25, -0.2) is 4.68 Å². The highest BCUT2D eigenvalue weighted by Crippen LogP contribution is 2.33. The van der Waals surface area contributed by atoms with Gasteiger partial charge >= 0.3 is 0 Å². The predicted molar refractivity (Wildman–Crippen MR) is 124 cm³/mol. The number of rotatable bonds is 11.